The van der Waals surface area contributed by atoms with Crippen molar-refractivity contribution in [2.24, 2.45) is 5.41 Å². The number of carbonyl (C=O) groups excluding carboxylic acids is 2. The molecule has 13 nitrogen and oxygen atoms in total. The molecule has 5 aromatic rings. The van der Waals surface area contributed by atoms with E-state index in [1.165, 1.54) is 30.8 Å². The van der Waals surface area contributed by atoms with Crippen molar-refractivity contribution in [1.29, 1.82) is 5.26 Å². The van der Waals surface area contributed by atoms with Gasteiger partial charge in [0.2, 0.25) is 11.8 Å². The molecule has 8 heterocycles. The first-order valence-corrected chi connectivity index (χ1v) is 21.8. The van der Waals surface area contributed by atoms with Crippen LogP contribution >= 0.6 is 11.3 Å². The third-order valence-electron chi connectivity index (χ3n) is 13.9. The molecule has 0 spiro atoms. The van der Waals surface area contributed by atoms with Crippen molar-refractivity contribution in [3.8, 4) is 28.0 Å². The van der Waals surface area contributed by atoms with Gasteiger partial charge >= 0.3 is 0 Å². The van der Waals surface area contributed by atoms with Crippen molar-refractivity contribution in [3.63, 3.8) is 0 Å². The molecule has 2 N–H and O–H groups in total. The number of carbonyl (C=O) groups is 2. The van der Waals surface area contributed by atoms with E-state index >= 15 is 0 Å². The number of hydrogen-bond donors (Lipinski definition) is 2. The van der Waals surface area contributed by atoms with Crippen molar-refractivity contribution in [3.05, 3.63) is 76.8 Å². The second kappa shape index (κ2) is 15.3. The van der Waals surface area contributed by atoms with Crippen LogP contribution in [0.25, 0.3) is 27.5 Å². The highest BCUT2D eigenvalue weighted by Crippen LogP contribution is 2.59. The fraction of sp³-hybridized carbons (Fsp3) is 0.500. The summed E-state index contributed by atoms with van der Waals surface area (Å²) in [4.78, 5) is 36.4. The van der Waals surface area contributed by atoms with Gasteiger partial charge in [0.15, 0.2) is 5.01 Å². The molecule has 3 saturated carbocycles. The van der Waals surface area contributed by atoms with E-state index in [9.17, 15) is 14.9 Å². The Morgan fingerprint density at radius 1 is 0.914 bits per heavy atom. The molecular formula is C44H48N10O3S. The normalized spacial score (nSPS) is 25.8. The van der Waals surface area contributed by atoms with Gasteiger partial charge in [-0.2, -0.15) is 10.4 Å². The van der Waals surface area contributed by atoms with Gasteiger partial charge in [0, 0.05) is 67.3 Å². The number of anilines is 1. The smallest absolute Gasteiger partial charge is 0.234 e. The number of fused-ring (bicyclic) bond motifs is 4. The molecule has 11 rings (SSSR count). The molecule has 3 aliphatic heterocycles. The van der Waals surface area contributed by atoms with Gasteiger partial charge in [-0.15, -0.1) is 10.2 Å². The zero-order valence-corrected chi connectivity index (χ0v) is 33.5. The fourth-order valence-corrected chi connectivity index (χ4v) is 11.4. The first-order chi connectivity index (χ1) is 28.4. The molecule has 14 heteroatoms. The van der Waals surface area contributed by atoms with Crippen LogP contribution in [0.5, 0.6) is 0 Å². The molecule has 58 heavy (non-hydrogen) atoms. The molecule has 6 aliphatic rings. The average molecular weight is 797 g/mol. The molecule has 1 atom stereocenters. The highest BCUT2D eigenvalue weighted by Gasteiger charge is 2.51. The lowest BCUT2D eigenvalue weighted by molar-refractivity contribution is -0.134. The van der Waals surface area contributed by atoms with Crippen LogP contribution in [0.1, 0.15) is 111 Å². The molecule has 6 fully saturated rings. The topological polar surface area (TPSA) is 163 Å². The fourth-order valence-electron chi connectivity index (χ4n) is 10.3. The lowest BCUT2D eigenvalue weighted by Crippen LogP contribution is -2.50. The average Bonchev–Trinajstić information content (AvgIpc) is 3.94. The monoisotopic (exact) mass is 796 g/mol. The predicted molar refractivity (Wildman–Crippen MR) is 219 cm³/mol. The maximum Gasteiger partial charge on any atom is 0.234 e. The van der Waals surface area contributed by atoms with E-state index < -0.39 is 0 Å². The summed E-state index contributed by atoms with van der Waals surface area (Å²) in [6, 6.07) is 14.5. The number of nitrogens with zero attached hydrogens (tertiary/aromatic N) is 8. The van der Waals surface area contributed by atoms with Crippen LogP contribution < -0.4 is 10.6 Å². The summed E-state index contributed by atoms with van der Waals surface area (Å²) in [5, 5.41) is 32.0. The van der Waals surface area contributed by atoms with E-state index in [0.29, 0.717) is 35.8 Å². The number of nitrogens with one attached hydrogen (secondary N) is 2. The number of nitriles is 1. The molecule has 2 amide bonds. The number of piperidine rings is 2. The van der Waals surface area contributed by atoms with E-state index in [0.717, 1.165) is 116 Å². The summed E-state index contributed by atoms with van der Waals surface area (Å²) >= 11 is 1.74. The Hall–Kier alpha value is -5.10. The summed E-state index contributed by atoms with van der Waals surface area (Å²) in [7, 11) is 0. The van der Waals surface area contributed by atoms with Crippen molar-refractivity contribution >= 4 is 34.4 Å². The number of pyridine rings is 2. The Labute approximate surface area is 341 Å². The molecule has 3 saturated heterocycles. The zero-order chi connectivity index (χ0) is 39.3. The summed E-state index contributed by atoms with van der Waals surface area (Å²) in [5.41, 5.74) is 7.50. The second-order valence-corrected chi connectivity index (χ2v) is 18.3. The minimum atomic E-state index is -0.288. The Bertz CT molecular complexity index is 2360. The van der Waals surface area contributed by atoms with Crippen LogP contribution in [0, 0.1) is 16.7 Å². The van der Waals surface area contributed by atoms with Crippen LogP contribution in [0.4, 0.5) is 5.69 Å². The third-order valence-corrected chi connectivity index (χ3v) is 15.1. The van der Waals surface area contributed by atoms with Gasteiger partial charge < -0.3 is 15.0 Å². The minimum absolute atomic E-state index is 0.0940. The van der Waals surface area contributed by atoms with Gasteiger partial charge in [0.05, 0.1) is 40.1 Å². The number of amides is 2. The van der Waals surface area contributed by atoms with E-state index in [4.69, 9.17) is 24.9 Å². The summed E-state index contributed by atoms with van der Waals surface area (Å²) < 4.78 is 7.50. The lowest BCUT2D eigenvalue weighted by atomic mass is 9.53. The quantitative estimate of drug-likeness (QED) is 0.152. The Balaban J connectivity index is 0.796. The number of aromatic nitrogens is 6. The highest BCUT2D eigenvalue weighted by atomic mass is 32.1. The first-order valence-electron chi connectivity index (χ1n) is 20.9. The molecule has 5 aromatic heterocycles. The van der Waals surface area contributed by atoms with E-state index in [1.54, 1.807) is 17.5 Å². The molecule has 0 radical (unpaired) electrons. The minimum Gasteiger partial charge on any atom is -0.381 e. The Morgan fingerprint density at radius 2 is 1.72 bits per heavy atom. The van der Waals surface area contributed by atoms with E-state index in [1.807, 2.05) is 41.2 Å². The number of likely N-dealkylation sites (tertiary alicyclic amines) is 1. The molecule has 2 bridgehead atoms. The van der Waals surface area contributed by atoms with E-state index in [-0.39, 0.29) is 23.1 Å². The second-order valence-electron chi connectivity index (χ2n) is 17.3. The predicted octanol–water partition coefficient (Wildman–Crippen LogP) is 6.76. The largest absolute Gasteiger partial charge is 0.381 e. The van der Waals surface area contributed by atoms with E-state index in [2.05, 4.69) is 38.8 Å². The summed E-state index contributed by atoms with van der Waals surface area (Å²) in [6.07, 6.45) is 17.6. The van der Waals surface area contributed by atoms with Gasteiger partial charge in [-0.25, -0.2) is 4.52 Å². The van der Waals surface area contributed by atoms with Crippen molar-refractivity contribution in [2.45, 2.75) is 100 Å². The van der Waals surface area contributed by atoms with Crippen LogP contribution in [0.15, 0.2) is 55.0 Å². The van der Waals surface area contributed by atoms with Gasteiger partial charge in [0.25, 0.3) is 0 Å². The first kappa shape index (κ1) is 37.2. The zero-order valence-electron chi connectivity index (χ0n) is 32.7. The molecule has 298 valence electrons. The SMILES string of the molecule is N#Cc1cnn2c(-c3cc(NC4CCOCC4)c(-c4nnc(C56CCC(CN7CCC(c8ccc([C@H]9CCC(=O)NC9=O)cn8)CC7)(CC5)CC6)s4)cn3)ccc2c1. The van der Waals surface area contributed by atoms with Crippen LogP contribution in [-0.4, -0.2) is 85.4 Å². The molecule has 3 aliphatic carbocycles. The van der Waals surface area contributed by atoms with Gasteiger partial charge in [0.1, 0.15) is 11.1 Å². The number of rotatable bonds is 9. The van der Waals surface area contributed by atoms with Crippen molar-refractivity contribution < 1.29 is 14.3 Å². The summed E-state index contributed by atoms with van der Waals surface area (Å²) in [5.74, 6) is -0.247. The van der Waals surface area contributed by atoms with Gasteiger partial charge in [-0.3, -0.25) is 24.9 Å². The van der Waals surface area contributed by atoms with Crippen LogP contribution in [-0.2, 0) is 19.7 Å². The van der Waals surface area contributed by atoms with Crippen molar-refractivity contribution in [1.82, 2.24) is 40.0 Å². The van der Waals surface area contributed by atoms with Crippen LogP contribution in [0.3, 0.4) is 0 Å². The highest BCUT2D eigenvalue weighted by molar-refractivity contribution is 7.14. The summed E-state index contributed by atoms with van der Waals surface area (Å²) in [6.45, 7) is 4.83. The number of ether oxygens (including phenoxy) is 1. The van der Waals surface area contributed by atoms with Gasteiger partial charge in [-0.1, -0.05) is 17.4 Å². The maximum absolute atomic E-state index is 12.4. The molecule has 0 aromatic carbocycles. The number of imide groups is 1. The standard InChI is InChI=1S/C44H48N10O3S/c45-23-28-21-32-2-5-38(54(32)48-24-28)37-22-36(49-31-9-19-57-20-10-31)34(26-47-37)41-51-52-42(58-41)44-14-11-43(12-15-44,13-16-44)27-53-17-7-29(8-18-53)35-4-1-30(25-46-35)33-3-6-39(55)50-40(33)56/h1-2,4-5,21-22,24-26,29,31,33H,3,6-20,27H2,(H,47,49)(H,50,55,56)/t33-,43?,44?/m1/s1. The molecule has 0 unspecified atom stereocenters. The number of hydrogen-bond acceptors (Lipinski definition) is 12. The third kappa shape index (κ3) is 7.07. The lowest BCUT2D eigenvalue weighted by Gasteiger charge is -2.54. The van der Waals surface area contributed by atoms with Crippen LogP contribution in [0.2, 0.25) is 0 Å². The Kier molecular flexibility index (Phi) is 9.78. The maximum atomic E-state index is 12.4. The van der Waals surface area contributed by atoms with Crippen molar-refractivity contribution in [2.75, 3.05) is 38.2 Å². The molecular weight excluding hydrogens is 749 g/mol. The Morgan fingerprint density at radius 3 is 2.47 bits per heavy atom. The van der Waals surface area contributed by atoms with Gasteiger partial charge in [-0.05, 0) is 125 Å².